The molecule has 0 aromatic carbocycles. The maximum Gasteiger partial charge on any atom is 0.320 e. The summed E-state index contributed by atoms with van der Waals surface area (Å²) in [6, 6.07) is -0.492. The maximum atomic E-state index is 11.0. The lowest BCUT2D eigenvalue weighted by molar-refractivity contribution is -0.143. The van der Waals surface area contributed by atoms with E-state index >= 15 is 0 Å². The molecular weight excluding hydrogens is 232 g/mol. The van der Waals surface area contributed by atoms with Gasteiger partial charge in [0.25, 0.3) is 0 Å². The van der Waals surface area contributed by atoms with Crippen LogP contribution in [0.2, 0.25) is 0 Å². The second-order valence-electron chi connectivity index (χ2n) is 5.56. The van der Waals surface area contributed by atoms with Crippen molar-refractivity contribution in [1.29, 1.82) is 0 Å². The molecule has 0 aliphatic carbocycles. The smallest absolute Gasteiger partial charge is 0.320 e. The summed E-state index contributed by atoms with van der Waals surface area (Å²) in [6.07, 6.45) is 2.23. The van der Waals surface area contributed by atoms with Gasteiger partial charge in [0.05, 0.1) is 12.7 Å². The van der Waals surface area contributed by atoms with Gasteiger partial charge in [-0.3, -0.25) is 9.69 Å². The molecule has 102 valence electrons. The summed E-state index contributed by atoms with van der Waals surface area (Å²) in [5, 5.41) is 9.07. The van der Waals surface area contributed by atoms with Gasteiger partial charge in [-0.2, -0.15) is 0 Å². The van der Waals surface area contributed by atoms with E-state index in [0.717, 1.165) is 0 Å². The van der Waals surface area contributed by atoms with Crippen LogP contribution < -0.4 is 0 Å². The largest absolute Gasteiger partial charge is 0.480 e. The molecule has 1 atom stereocenters. The fourth-order valence-corrected chi connectivity index (χ4v) is 1.76. The molecule has 1 aromatic heterocycles. The first-order valence-electron chi connectivity index (χ1n) is 6.14. The van der Waals surface area contributed by atoms with Gasteiger partial charge in [-0.05, 0) is 13.5 Å². The lowest BCUT2D eigenvalue weighted by Gasteiger charge is -2.22. The molecule has 0 radical (unpaired) electrons. The molecule has 0 saturated heterocycles. The Balaban J connectivity index is 2.73. The molecule has 0 aliphatic heterocycles. The van der Waals surface area contributed by atoms with Gasteiger partial charge < -0.3 is 9.52 Å². The highest BCUT2D eigenvalue weighted by Gasteiger charge is 2.24. The van der Waals surface area contributed by atoms with Crippen molar-refractivity contribution in [3.05, 3.63) is 17.8 Å². The van der Waals surface area contributed by atoms with Crippen LogP contribution in [0.15, 0.2) is 10.6 Å². The number of rotatable bonds is 5. The lowest BCUT2D eigenvalue weighted by atomic mass is 9.97. The van der Waals surface area contributed by atoms with Gasteiger partial charge >= 0.3 is 5.97 Å². The minimum Gasteiger partial charge on any atom is -0.480 e. The number of carbonyl (C=O) groups is 1. The molecule has 1 heterocycles. The summed E-state index contributed by atoms with van der Waals surface area (Å²) in [5.74, 6) is 0.562. The van der Waals surface area contributed by atoms with E-state index in [1.165, 1.54) is 0 Å². The topological polar surface area (TPSA) is 66.6 Å². The summed E-state index contributed by atoms with van der Waals surface area (Å²) >= 11 is 0. The third-order valence-corrected chi connectivity index (χ3v) is 2.80. The third-order valence-electron chi connectivity index (χ3n) is 2.80. The van der Waals surface area contributed by atoms with Crippen LogP contribution in [-0.2, 0) is 16.8 Å². The van der Waals surface area contributed by atoms with Crippen molar-refractivity contribution in [3.63, 3.8) is 0 Å². The number of oxazole rings is 1. The SMILES string of the molecule is CC[C@H](C(=O)O)N(C)Cc1cnc(C(C)(C)C)o1. The Bertz CT molecular complexity index is 407. The zero-order valence-electron chi connectivity index (χ0n) is 11.7. The summed E-state index contributed by atoms with van der Waals surface area (Å²) in [5.41, 5.74) is -0.131. The van der Waals surface area contributed by atoms with Crippen LogP contribution >= 0.6 is 0 Å². The standard InChI is InChI=1S/C13H22N2O3/c1-6-10(11(16)17)15(5)8-9-7-14-12(18-9)13(2,3)4/h7,10H,6,8H2,1-5H3,(H,16,17)/t10-/m1/s1. The molecule has 18 heavy (non-hydrogen) atoms. The molecule has 0 spiro atoms. The monoisotopic (exact) mass is 254 g/mol. The number of likely N-dealkylation sites (N-methyl/N-ethyl adjacent to an activating group) is 1. The van der Waals surface area contributed by atoms with Crippen LogP contribution in [-0.4, -0.2) is 34.0 Å². The summed E-state index contributed by atoms with van der Waals surface area (Å²) < 4.78 is 5.65. The molecule has 0 bridgehead atoms. The molecule has 0 amide bonds. The Hall–Kier alpha value is -1.36. The van der Waals surface area contributed by atoms with Gasteiger partial charge in [-0.15, -0.1) is 0 Å². The van der Waals surface area contributed by atoms with E-state index in [-0.39, 0.29) is 5.41 Å². The highest BCUT2D eigenvalue weighted by Crippen LogP contribution is 2.22. The van der Waals surface area contributed by atoms with Gasteiger partial charge in [0.1, 0.15) is 11.8 Å². The van der Waals surface area contributed by atoms with Crippen molar-refractivity contribution in [2.45, 2.75) is 52.1 Å². The Kier molecular flexibility index (Phi) is 4.51. The zero-order valence-corrected chi connectivity index (χ0v) is 11.7. The van der Waals surface area contributed by atoms with Gasteiger partial charge in [-0.1, -0.05) is 27.7 Å². The second kappa shape index (κ2) is 5.52. The number of carboxylic acids is 1. The average Bonchev–Trinajstić information content (AvgIpc) is 2.65. The Morgan fingerprint density at radius 1 is 1.56 bits per heavy atom. The van der Waals surface area contributed by atoms with Crippen molar-refractivity contribution < 1.29 is 14.3 Å². The van der Waals surface area contributed by atoms with E-state index in [1.807, 2.05) is 27.7 Å². The first-order chi connectivity index (χ1) is 8.25. The molecule has 1 N–H and O–H groups in total. The molecule has 0 saturated carbocycles. The highest BCUT2D eigenvalue weighted by atomic mass is 16.4. The van der Waals surface area contributed by atoms with Crippen LogP contribution in [0, 0.1) is 0 Å². The summed E-state index contributed by atoms with van der Waals surface area (Å²) in [4.78, 5) is 17.0. The van der Waals surface area contributed by atoms with E-state index in [4.69, 9.17) is 9.52 Å². The number of hydrogen-bond donors (Lipinski definition) is 1. The molecule has 5 nitrogen and oxygen atoms in total. The third kappa shape index (κ3) is 3.57. The van der Waals surface area contributed by atoms with E-state index in [2.05, 4.69) is 4.98 Å². The van der Waals surface area contributed by atoms with Crippen molar-refractivity contribution in [2.24, 2.45) is 0 Å². The predicted octanol–water partition coefficient (Wildman–Crippen LogP) is 2.27. The minimum absolute atomic E-state index is 0.131. The van der Waals surface area contributed by atoms with Crippen LogP contribution in [0.5, 0.6) is 0 Å². The van der Waals surface area contributed by atoms with Crippen LogP contribution in [0.4, 0.5) is 0 Å². The van der Waals surface area contributed by atoms with E-state index < -0.39 is 12.0 Å². The van der Waals surface area contributed by atoms with Gasteiger partial charge in [0.15, 0.2) is 5.89 Å². The number of aromatic nitrogens is 1. The predicted molar refractivity (Wildman–Crippen MR) is 68.4 cm³/mol. The second-order valence-corrected chi connectivity index (χ2v) is 5.56. The quantitative estimate of drug-likeness (QED) is 0.873. The number of aliphatic carboxylic acids is 1. The van der Waals surface area contributed by atoms with Crippen molar-refractivity contribution in [1.82, 2.24) is 9.88 Å². The highest BCUT2D eigenvalue weighted by molar-refractivity contribution is 5.73. The van der Waals surface area contributed by atoms with Gasteiger partial charge in [-0.25, -0.2) is 4.98 Å². The molecular formula is C13H22N2O3. The minimum atomic E-state index is -0.810. The molecule has 0 fully saturated rings. The first kappa shape index (κ1) is 14.7. The number of carboxylic acid groups (broad SMARTS) is 1. The Morgan fingerprint density at radius 3 is 2.56 bits per heavy atom. The Labute approximate surface area is 108 Å². The molecule has 0 unspecified atom stereocenters. The number of nitrogens with zero attached hydrogens (tertiary/aromatic N) is 2. The van der Waals surface area contributed by atoms with Gasteiger partial charge in [0, 0.05) is 5.41 Å². The molecule has 1 rings (SSSR count). The van der Waals surface area contributed by atoms with Crippen molar-refractivity contribution in [3.8, 4) is 0 Å². The molecule has 1 aromatic rings. The van der Waals surface area contributed by atoms with E-state index in [9.17, 15) is 4.79 Å². The van der Waals surface area contributed by atoms with Crippen LogP contribution in [0.3, 0.4) is 0 Å². The average molecular weight is 254 g/mol. The van der Waals surface area contributed by atoms with Crippen LogP contribution in [0.25, 0.3) is 0 Å². The number of hydrogen-bond acceptors (Lipinski definition) is 4. The van der Waals surface area contributed by atoms with E-state index in [1.54, 1.807) is 18.1 Å². The normalized spacial score (nSPS) is 13.9. The Morgan fingerprint density at radius 2 is 2.17 bits per heavy atom. The fraction of sp³-hybridized carbons (Fsp3) is 0.692. The van der Waals surface area contributed by atoms with E-state index in [0.29, 0.717) is 24.6 Å². The lowest BCUT2D eigenvalue weighted by Crippen LogP contribution is -2.37. The van der Waals surface area contributed by atoms with Gasteiger partial charge in [0.2, 0.25) is 0 Å². The van der Waals surface area contributed by atoms with Crippen LogP contribution in [0.1, 0.15) is 45.8 Å². The molecule has 5 heteroatoms. The fourth-order valence-electron chi connectivity index (χ4n) is 1.76. The molecule has 0 aliphatic rings. The van der Waals surface area contributed by atoms with Crippen molar-refractivity contribution in [2.75, 3.05) is 7.05 Å². The zero-order chi connectivity index (χ0) is 13.9. The summed E-state index contributed by atoms with van der Waals surface area (Å²) in [6.45, 7) is 8.39. The first-order valence-corrected chi connectivity index (χ1v) is 6.14. The van der Waals surface area contributed by atoms with Crippen molar-refractivity contribution >= 4 is 5.97 Å². The summed E-state index contributed by atoms with van der Waals surface area (Å²) in [7, 11) is 1.78. The maximum absolute atomic E-state index is 11.0.